The minimum Gasteiger partial charge on any atom is -0.115 e. The van der Waals surface area contributed by atoms with Crippen molar-refractivity contribution in [1.29, 1.82) is 0 Å². The number of benzene rings is 3. The maximum absolute atomic E-state index is 5.50. The first-order chi connectivity index (χ1) is 16.5. The fourth-order valence-corrected chi connectivity index (χ4v) is 3.95. The summed E-state index contributed by atoms with van der Waals surface area (Å²) in [4.78, 5) is 0. The molecule has 0 atom stereocenters. The highest BCUT2D eigenvalue weighted by Gasteiger charge is 2.13. The molecule has 0 unspecified atom stereocenters. The number of terminal acetylenes is 1. The first-order valence-electron chi connectivity index (χ1n) is 11.6. The zero-order valence-electron chi connectivity index (χ0n) is 20.2. The summed E-state index contributed by atoms with van der Waals surface area (Å²) < 4.78 is 0. The lowest BCUT2D eigenvalue weighted by Gasteiger charge is -2.17. The Hall–Kier alpha value is -4.08. The molecule has 0 saturated carbocycles. The summed E-state index contributed by atoms with van der Waals surface area (Å²) in [5.41, 5.74) is 10.2. The molecule has 0 radical (unpaired) electrons. The van der Waals surface area contributed by atoms with E-state index < -0.39 is 0 Å². The van der Waals surface area contributed by atoms with Crippen LogP contribution in [0.5, 0.6) is 0 Å². The summed E-state index contributed by atoms with van der Waals surface area (Å²) in [7, 11) is 0. The van der Waals surface area contributed by atoms with Gasteiger partial charge in [0.05, 0.1) is 0 Å². The van der Waals surface area contributed by atoms with Crippen molar-refractivity contribution in [1.82, 2.24) is 0 Å². The maximum atomic E-state index is 5.50. The van der Waals surface area contributed by atoms with Gasteiger partial charge in [-0.1, -0.05) is 122 Å². The van der Waals surface area contributed by atoms with Gasteiger partial charge in [0.15, 0.2) is 0 Å². The Balaban J connectivity index is 2.06. The number of rotatable bonds is 9. The molecular formula is C34H32. The summed E-state index contributed by atoms with van der Waals surface area (Å²) in [5, 5.41) is 0. The van der Waals surface area contributed by atoms with Crippen molar-refractivity contribution in [2.24, 2.45) is 0 Å². The monoisotopic (exact) mass is 440 g/mol. The molecule has 0 heteroatoms. The summed E-state index contributed by atoms with van der Waals surface area (Å²) in [6, 6.07) is 27.6. The van der Waals surface area contributed by atoms with E-state index in [1.54, 1.807) is 0 Å². The van der Waals surface area contributed by atoms with Gasteiger partial charge >= 0.3 is 0 Å². The third-order valence-electron chi connectivity index (χ3n) is 5.88. The molecule has 0 aliphatic rings. The Kier molecular flexibility index (Phi) is 8.84. The first kappa shape index (κ1) is 24.6. The van der Waals surface area contributed by atoms with Gasteiger partial charge in [0.25, 0.3) is 0 Å². The highest BCUT2D eigenvalue weighted by molar-refractivity contribution is 5.86. The molecule has 3 aromatic carbocycles. The first-order valence-corrected chi connectivity index (χ1v) is 11.6. The van der Waals surface area contributed by atoms with Crippen LogP contribution in [-0.4, -0.2) is 0 Å². The van der Waals surface area contributed by atoms with E-state index in [2.05, 4.69) is 105 Å². The molecule has 34 heavy (non-hydrogen) atoms. The minimum absolute atomic E-state index is 0.883. The summed E-state index contributed by atoms with van der Waals surface area (Å²) in [5.74, 6) is 2.66. The second-order valence-corrected chi connectivity index (χ2v) is 8.37. The molecular weight excluding hydrogens is 408 g/mol. The van der Waals surface area contributed by atoms with Gasteiger partial charge in [-0.05, 0) is 76.8 Å². The molecule has 0 bridgehead atoms. The Morgan fingerprint density at radius 1 is 0.882 bits per heavy atom. The zero-order valence-corrected chi connectivity index (χ0v) is 20.2. The molecule has 168 valence electrons. The molecule has 0 N–H and O–H groups in total. The molecule has 0 nitrogen and oxygen atoms in total. The van der Waals surface area contributed by atoms with Crippen LogP contribution in [0.4, 0.5) is 0 Å². The number of aryl methyl sites for hydroxylation is 1. The maximum Gasteiger partial charge on any atom is -0.00133 e. The number of allylic oxidation sites excluding steroid dienone is 7. The van der Waals surface area contributed by atoms with Gasteiger partial charge in [0, 0.05) is 0 Å². The summed E-state index contributed by atoms with van der Waals surface area (Å²) in [6.45, 7) is 12.6. The van der Waals surface area contributed by atoms with E-state index in [-0.39, 0.29) is 0 Å². The van der Waals surface area contributed by atoms with Gasteiger partial charge in [0.1, 0.15) is 0 Å². The van der Waals surface area contributed by atoms with E-state index in [0.717, 1.165) is 40.7 Å². The fraction of sp³-hybridized carbons (Fsp3) is 0.118. The van der Waals surface area contributed by atoms with Crippen LogP contribution in [0.25, 0.3) is 22.8 Å². The van der Waals surface area contributed by atoms with Crippen molar-refractivity contribution in [2.45, 2.75) is 26.7 Å². The van der Waals surface area contributed by atoms with Crippen molar-refractivity contribution in [2.75, 3.05) is 0 Å². The van der Waals surface area contributed by atoms with E-state index in [1.807, 2.05) is 31.2 Å². The Labute approximate surface area is 205 Å². The molecule has 0 saturated heterocycles. The van der Waals surface area contributed by atoms with E-state index >= 15 is 0 Å². The molecule has 0 fully saturated rings. The molecule has 3 rings (SSSR count). The van der Waals surface area contributed by atoms with E-state index in [4.69, 9.17) is 6.42 Å². The lowest BCUT2D eigenvalue weighted by Crippen LogP contribution is -1.96. The number of hydrogen-bond acceptors (Lipinski definition) is 0. The van der Waals surface area contributed by atoms with Crippen LogP contribution in [0.15, 0.2) is 127 Å². The molecule has 0 heterocycles. The lowest BCUT2D eigenvalue weighted by atomic mass is 9.87. The minimum atomic E-state index is 0.883. The van der Waals surface area contributed by atoms with Gasteiger partial charge < -0.3 is 0 Å². The third-order valence-corrected chi connectivity index (χ3v) is 5.88. The lowest BCUT2D eigenvalue weighted by molar-refractivity contribution is 1.02. The quantitative estimate of drug-likeness (QED) is 0.230. The second-order valence-electron chi connectivity index (χ2n) is 8.37. The van der Waals surface area contributed by atoms with Crippen molar-refractivity contribution < 1.29 is 0 Å². The van der Waals surface area contributed by atoms with Crippen LogP contribution < -0.4 is 0 Å². The standard InChI is InChI=1S/C34H32/c1-6-26(3)21-24-30(7-2)28(5)25-32-19-14-20-33(31-17-12-9-13-18-31)34(32)27(4)22-23-29-15-10-8-11-16-29/h1,7-21,24-25H,2,4,22-23H2,3,5H3. The van der Waals surface area contributed by atoms with Crippen molar-refractivity contribution in [3.8, 4) is 23.5 Å². The van der Waals surface area contributed by atoms with Gasteiger partial charge in [-0.3, -0.25) is 0 Å². The third kappa shape index (κ3) is 6.47. The van der Waals surface area contributed by atoms with Crippen molar-refractivity contribution in [3.63, 3.8) is 0 Å². The van der Waals surface area contributed by atoms with Crippen LogP contribution in [0.1, 0.15) is 37.0 Å². The van der Waals surface area contributed by atoms with E-state index in [0.29, 0.717) is 0 Å². The Morgan fingerprint density at radius 3 is 2.21 bits per heavy atom. The van der Waals surface area contributed by atoms with Gasteiger partial charge in [0.2, 0.25) is 0 Å². The normalized spacial score (nSPS) is 12.2. The largest absolute Gasteiger partial charge is 0.115 e. The predicted octanol–water partition coefficient (Wildman–Crippen LogP) is 9.09. The van der Waals surface area contributed by atoms with E-state index in [1.165, 1.54) is 22.3 Å². The van der Waals surface area contributed by atoms with Crippen LogP contribution in [0.3, 0.4) is 0 Å². The fourth-order valence-electron chi connectivity index (χ4n) is 3.95. The van der Waals surface area contributed by atoms with Crippen LogP contribution in [-0.2, 0) is 6.42 Å². The molecule has 0 aliphatic heterocycles. The molecule has 3 aromatic rings. The van der Waals surface area contributed by atoms with Gasteiger partial charge in [-0.2, -0.15) is 0 Å². The SMILES string of the molecule is C#CC(C)=CC=C(C=C)C(C)=Cc1cccc(-c2ccccc2)c1C(=C)CCc1ccccc1. The molecule has 0 amide bonds. The van der Waals surface area contributed by atoms with E-state index in [9.17, 15) is 0 Å². The predicted molar refractivity (Wildman–Crippen MR) is 150 cm³/mol. The zero-order chi connectivity index (χ0) is 24.3. The molecule has 0 spiro atoms. The van der Waals surface area contributed by atoms with Crippen LogP contribution in [0.2, 0.25) is 0 Å². The second kappa shape index (κ2) is 12.2. The van der Waals surface area contributed by atoms with Crippen LogP contribution >= 0.6 is 0 Å². The number of hydrogen-bond donors (Lipinski definition) is 0. The van der Waals surface area contributed by atoms with Crippen molar-refractivity contribution >= 4 is 11.6 Å². The average Bonchev–Trinajstić information content (AvgIpc) is 2.88. The average molecular weight is 441 g/mol. The van der Waals surface area contributed by atoms with Gasteiger partial charge in [-0.25, -0.2) is 0 Å². The Morgan fingerprint density at radius 2 is 1.56 bits per heavy atom. The molecule has 0 aliphatic carbocycles. The topological polar surface area (TPSA) is 0 Å². The smallest absolute Gasteiger partial charge is 0.00133 e. The summed E-state index contributed by atoms with van der Waals surface area (Å²) >= 11 is 0. The van der Waals surface area contributed by atoms with Crippen LogP contribution in [0, 0.1) is 12.3 Å². The van der Waals surface area contributed by atoms with Gasteiger partial charge in [-0.15, -0.1) is 6.42 Å². The Bertz CT molecular complexity index is 1270. The highest BCUT2D eigenvalue weighted by Crippen LogP contribution is 2.35. The highest BCUT2D eigenvalue weighted by atomic mass is 14.2. The van der Waals surface area contributed by atoms with Crippen molar-refractivity contribution in [3.05, 3.63) is 144 Å². The molecule has 0 aromatic heterocycles. The summed E-state index contributed by atoms with van der Waals surface area (Å²) in [6.07, 6.45) is 15.4.